The van der Waals surface area contributed by atoms with Gasteiger partial charge in [-0.05, 0) is 12.1 Å². The summed E-state index contributed by atoms with van der Waals surface area (Å²) in [6, 6.07) is 0.434. The highest BCUT2D eigenvalue weighted by molar-refractivity contribution is 6.34. The van der Waals surface area contributed by atoms with Gasteiger partial charge in [0, 0.05) is 5.56 Å². The van der Waals surface area contributed by atoms with Gasteiger partial charge in [0.25, 0.3) is 5.78 Å². The van der Waals surface area contributed by atoms with Crippen LogP contribution in [0.25, 0.3) is 0 Å². The Kier molecular flexibility index (Phi) is 2.99. The van der Waals surface area contributed by atoms with Crippen LogP contribution in [0.1, 0.15) is 10.4 Å². The monoisotopic (exact) mass is 244 g/mol. The summed E-state index contributed by atoms with van der Waals surface area (Å²) in [5.41, 5.74) is -1.11. The molecule has 0 saturated carbocycles. The first-order valence-corrected chi connectivity index (χ1v) is 3.87. The maximum absolute atomic E-state index is 12.6. The number of halogens is 6. The Labute approximate surface area is 85.5 Å². The van der Waals surface area contributed by atoms with E-state index in [-0.39, 0.29) is 6.07 Å². The summed E-state index contributed by atoms with van der Waals surface area (Å²) >= 11 is 5.17. The van der Waals surface area contributed by atoms with E-state index in [0.29, 0.717) is 6.07 Å². The molecule has 0 radical (unpaired) electrons. The number of ketones is 1. The van der Waals surface area contributed by atoms with Gasteiger partial charge in [-0.2, -0.15) is 13.2 Å². The van der Waals surface area contributed by atoms with Crippen LogP contribution in [0.2, 0.25) is 5.02 Å². The molecule has 0 fully saturated rings. The third kappa shape index (κ3) is 2.44. The van der Waals surface area contributed by atoms with E-state index in [1.165, 1.54) is 0 Å². The summed E-state index contributed by atoms with van der Waals surface area (Å²) in [4.78, 5) is 10.7. The Hall–Kier alpha value is -1.17. The normalized spacial score (nSPS) is 11.6. The van der Waals surface area contributed by atoms with Crippen LogP contribution in [0.5, 0.6) is 0 Å². The van der Waals surface area contributed by atoms with Crippen molar-refractivity contribution >= 4 is 17.4 Å². The van der Waals surface area contributed by atoms with Crippen molar-refractivity contribution in [3.8, 4) is 0 Å². The van der Waals surface area contributed by atoms with E-state index in [1.807, 2.05) is 0 Å². The zero-order valence-corrected chi connectivity index (χ0v) is 7.59. The van der Waals surface area contributed by atoms with Gasteiger partial charge in [0.2, 0.25) is 0 Å². The largest absolute Gasteiger partial charge is 0.454 e. The number of benzene rings is 1. The molecular formula is C8H2ClF5O. The number of alkyl halides is 3. The highest BCUT2D eigenvalue weighted by atomic mass is 35.5. The summed E-state index contributed by atoms with van der Waals surface area (Å²) in [5, 5.41) is -0.781. The number of hydrogen-bond acceptors (Lipinski definition) is 1. The van der Waals surface area contributed by atoms with Crippen LogP contribution in [0.15, 0.2) is 12.1 Å². The van der Waals surface area contributed by atoms with Crippen LogP contribution < -0.4 is 0 Å². The van der Waals surface area contributed by atoms with Crippen molar-refractivity contribution in [2.24, 2.45) is 0 Å². The topological polar surface area (TPSA) is 17.1 Å². The number of carbonyl (C=O) groups is 1. The Morgan fingerprint density at radius 1 is 1.13 bits per heavy atom. The predicted molar refractivity (Wildman–Crippen MR) is 41.8 cm³/mol. The van der Waals surface area contributed by atoms with Crippen LogP contribution >= 0.6 is 11.6 Å². The molecule has 7 heteroatoms. The van der Waals surface area contributed by atoms with Gasteiger partial charge in [-0.3, -0.25) is 4.79 Å². The van der Waals surface area contributed by atoms with Crippen LogP contribution in [-0.4, -0.2) is 12.0 Å². The average Bonchev–Trinajstić information content (AvgIpc) is 2.08. The quantitative estimate of drug-likeness (QED) is 0.421. The van der Waals surface area contributed by atoms with E-state index in [0.717, 1.165) is 0 Å². The number of hydrogen-bond donors (Lipinski definition) is 0. The second kappa shape index (κ2) is 3.77. The molecule has 0 saturated heterocycles. The Bertz CT molecular complexity index is 412. The summed E-state index contributed by atoms with van der Waals surface area (Å²) in [5.74, 6) is -5.29. The van der Waals surface area contributed by atoms with Crippen molar-refractivity contribution < 1.29 is 26.7 Å². The molecule has 0 aliphatic heterocycles. The third-order valence-electron chi connectivity index (χ3n) is 1.51. The Balaban J connectivity index is 3.28. The fourth-order valence-corrected chi connectivity index (χ4v) is 1.09. The fourth-order valence-electron chi connectivity index (χ4n) is 0.849. The van der Waals surface area contributed by atoms with E-state index in [4.69, 9.17) is 11.6 Å². The molecular weight excluding hydrogens is 243 g/mol. The molecule has 1 nitrogen and oxygen atoms in total. The van der Waals surface area contributed by atoms with Gasteiger partial charge in [0.1, 0.15) is 0 Å². The minimum absolute atomic E-state index is 0.119. The van der Waals surface area contributed by atoms with E-state index >= 15 is 0 Å². The van der Waals surface area contributed by atoms with Crippen molar-refractivity contribution in [1.29, 1.82) is 0 Å². The van der Waals surface area contributed by atoms with Crippen LogP contribution in [-0.2, 0) is 0 Å². The van der Waals surface area contributed by atoms with Gasteiger partial charge in [0.05, 0.1) is 5.02 Å². The van der Waals surface area contributed by atoms with E-state index in [9.17, 15) is 26.7 Å². The molecule has 15 heavy (non-hydrogen) atoms. The van der Waals surface area contributed by atoms with Gasteiger partial charge in [0.15, 0.2) is 11.6 Å². The molecule has 1 rings (SSSR count). The lowest BCUT2D eigenvalue weighted by Gasteiger charge is -2.07. The van der Waals surface area contributed by atoms with E-state index in [1.54, 1.807) is 0 Å². The van der Waals surface area contributed by atoms with Crippen molar-refractivity contribution in [2.45, 2.75) is 6.18 Å². The third-order valence-corrected chi connectivity index (χ3v) is 1.82. The van der Waals surface area contributed by atoms with Crippen molar-refractivity contribution in [2.75, 3.05) is 0 Å². The van der Waals surface area contributed by atoms with Crippen LogP contribution in [0, 0.1) is 11.6 Å². The molecule has 0 aliphatic rings. The molecule has 82 valence electrons. The molecule has 0 unspecified atom stereocenters. The van der Waals surface area contributed by atoms with Gasteiger partial charge in [-0.1, -0.05) is 11.6 Å². The summed E-state index contributed by atoms with van der Waals surface area (Å²) in [6.07, 6.45) is -5.17. The maximum Gasteiger partial charge on any atom is 0.454 e. The molecule has 0 amide bonds. The molecule has 0 spiro atoms. The van der Waals surface area contributed by atoms with Gasteiger partial charge < -0.3 is 0 Å². The first-order valence-electron chi connectivity index (χ1n) is 3.49. The van der Waals surface area contributed by atoms with Crippen molar-refractivity contribution in [1.82, 2.24) is 0 Å². The van der Waals surface area contributed by atoms with E-state index in [2.05, 4.69) is 0 Å². The smallest absolute Gasteiger partial charge is 0.284 e. The lowest BCUT2D eigenvalue weighted by molar-refractivity contribution is -0.0885. The minimum atomic E-state index is -5.17. The number of rotatable bonds is 1. The minimum Gasteiger partial charge on any atom is -0.284 e. The molecule has 0 heterocycles. The number of Topliss-reactive ketones (excluding diaryl/α,β-unsaturated/α-hetero) is 1. The van der Waals surface area contributed by atoms with E-state index < -0.39 is 34.2 Å². The van der Waals surface area contributed by atoms with Gasteiger partial charge in [-0.25, -0.2) is 8.78 Å². The summed E-state index contributed by atoms with van der Waals surface area (Å²) < 4.78 is 60.8. The molecule has 0 atom stereocenters. The molecule has 0 aliphatic carbocycles. The molecule has 0 bridgehead atoms. The zero-order valence-electron chi connectivity index (χ0n) is 6.83. The highest BCUT2D eigenvalue weighted by Crippen LogP contribution is 2.27. The maximum atomic E-state index is 12.6. The molecule has 0 N–H and O–H groups in total. The SMILES string of the molecule is O=C(c1cc(F)c(F)cc1Cl)C(F)(F)F. The second-order valence-corrected chi connectivity index (χ2v) is 2.98. The Morgan fingerprint density at radius 2 is 1.60 bits per heavy atom. The first-order chi connectivity index (χ1) is 6.73. The highest BCUT2D eigenvalue weighted by Gasteiger charge is 2.40. The average molecular weight is 245 g/mol. The summed E-state index contributed by atoms with van der Waals surface area (Å²) in [7, 11) is 0. The first kappa shape index (κ1) is 11.9. The fraction of sp³-hybridized carbons (Fsp3) is 0.125. The zero-order chi connectivity index (χ0) is 11.8. The molecule has 1 aromatic carbocycles. The second-order valence-electron chi connectivity index (χ2n) is 2.57. The predicted octanol–water partition coefficient (Wildman–Crippen LogP) is 3.36. The van der Waals surface area contributed by atoms with Gasteiger partial charge in [-0.15, -0.1) is 0 Å². The lowest BCUT2D eigenvalue weighted by Crippen LogP contribution is -2.23. The lowest BCUT2D eigenvalue weighted by atomic mass is 10.1. The standard InChI is InChI=1S/C8H2ClF5O/c9-4-2-6(11)5(10)1-3(4)7(15)8(12,13)14/h1-2H. The van der Waals surface area contributed by atoms with Crippen LogP contribution in [0.3, 0.4) is 0 Å². The van der Waals surface area contributed by atoms with Crippen molar-refractivity contribution in [3.63, 3.8) is 0 Å². The van der Waals surface area contributed by atoms with Crippen LogP contribution in [0.4, 0.5) is 22.0 Å². The Morgan fingerprint density at radius 3 is 2.07 bits per heavy atom. The number of carbonyl (C=O) groups excluding carboxylic acids is 1. The van der Waals surface area contributed by atoms with Gasteiger partial charge >= 0.3 is 6.18 Å². The van der Waals surface area contributed by atoms with Crippen molar-refractivity contribution in [3.05, 3.63) is 34.4 Å². The molecule has 0 aromatic heterocycles. The summed E-state index contributed by atoms with van der Waals surface area (Å²) in [6.45, 7) is 0. The molecule has 1 aromatic rings.